The minimum atomic E-state index is -0.986. The quantitative estimate of drug-likeness (QED) is 0.423. The van der Waals surface area contributed by atoms with Gasteiger partial charge >= 0.3 is 0 Å². The smallest absolute Gasteiger partial charge is 0.222 e. The van der Waals surface area contributed by atoms with E-state index in [0.29, 0.717) is 43.9 Å². The predicted octanol–water partition coefficient (Wildman–Crippen LogP) is 4.80. The van der Waals surface area contributed by atoms with Gasteiger partial charge in [-0.25, -0.2) is 4.39 Å². The zero-order valence-corrected chi connectivity index (χ0v) is 22.5. The van der Waals surface area contributed by atoms with Crippen LogP contribution in [-0.2, 0) is 11.3 Å². The first-order chi connectivity index (χ1) is 18.5. The maximum absolute atomic E-state index is 13.9. The highest BCUT2D eigenvalue weighted by Gasteiger charge is 2.31. The third kappa shape index (κ3) is 8.08. The van der Waals surface area contributed by atoms with Crippen molar-refractivity contribution in [2.75, 3.05) is 46.5 Å². The molecule has 2 fully saturated rings. The van der Waals surface area contributed by atoms with E-state index in [1.54, 1.807) is 25.3 Å². The second kappa shape index (κ2) is 13.8. The van der Waals surface area contributed by atoms with Gasteiger partial charge in [-0.2, -0.15) is 0 Å². The van der Waals surface area contributed by atoms with Gasteiger partial charge in [0.05, 0.1) is 19.3 Å². The number of nitrogens with zero attached hydrogens (tertiary/aromatic N) is 2. The van der Waals surface area contributed by atoms with Crippen molar-refractivity contribution in [1.29, 1.82) is 0 Å². The maximum Gasteiger partial charge on any atom is 0.222 e. The fraction of sp³-hybridized carbons (Fsp3) is 0.567. The number of carbonyl (C=O) groups excluding carboxylic acids is 1. The van der Waals surface area contributed by atoms with Gasteiger partial charge in [0.15, 0.2) is 23.1 Å². The van der Waals surface area contributed by atoms with E-state index in [4.69, 9.17) is 14.2 Å². The van der Waals surface area contributed by atoms with Gasteiger partial charge in [-0.15, -0.1) is 0 Å². The van der Waals surface area contributed by atoms with Gasteiger partial charge in [0.1, 0.15) is 6.61 Å². The minimum absolute atomic E-state index is 0.0747. The van der Waals surface area contributed by atoms with Crippen LogP contribution in [-0.4, -0.2) is 72.9 Å². The number of ether oxygens (including phenoxy) is 3. The summed E-state index contributed by atoms with van der Waals surface area (Å²) < 4.78 is 31.1. The van der Waals surface area contributed by atoms with Crippen LogP contribution in [0.25, 0.3) is 0 Å². The van der Waals surface area contributed by atoms with Crippen LogP contribution in [0.5, 0.6) is 17.2 Å². The molecule has 1 N–H and O–H groups in total. The molecule has 1 atom stereocenters. The van der Waals surface area contributed by atoms with Gasteiger partial charge in [0.25, 0.3) is 0 Å². The van der Waals surface area contributed by atoms with Gasteiger partial charge in [0.2, 0.25) is 5.91 Å². The van der Waals surface area contributed by atoms with Crippen LogP contribution in [0.3, 0.4) is 0 Å². The van der Waals surface area contributed by atoms with Crippen molar-refractivity contribution in [2.24, 2.45) is 0 Å². The standard InChI is InChI=1S/C30H41FN2O5/c1-36-27-13-12-24(21-28(27)37-20-8-18-33-17-6-2-3-11-29(33)34)22-32-16-7-14-30(35,15-19-32)23-38-26-10-5-4-9-25(26)31/h4-5,9-10,12-13,21,35H,2-3,6-8,11,14-20,22-23H2,1H3. The van der Waals surface area contributed by atoms with Crippen LogP contribution in [0.2, 0.25) is 0 Å². The van der Waals surface area contributed by atoms with Crippen molar-refractivity contribution in [2.45, 2.75) is 63.5 Å². The second-order valence-corrected chi connectivity index (χ2v) is 10.5. The van der Waals surface area contributed by atoms with Crippen molar-refractivity contribution >= 4 is 5.91 Å². The lowest BCUT2D eigenvalue weighted by Crippen LogP contribution is -2.37. The summed E-state index contributed by atoms with van der Waals surface area (Å²) in [4.78, 5) is 16.5. The Balaban J connectivity index is 1.27. The first kappa shape index (κ1) is 28.2. The Morgan fingerprint density at radius 2 is 1.82 bits per heavy atom. The van der Waals surface area contributed by atoms with Gasteiger partial charge in [-0.05, 0) is 74.9 Å². The average Bonchev–Trinajstić information content (AvgIpc) is 3.24. The lowest BCUT2D eigenvalue weighted by atomic mass is 9.96. The van der Waals surface area contributed by atoms with E-state index in [-0.39, 0.29) is 18.3 Å². The first-order valence-corrected chi connectivity index (χ1v) is 13.9. The largest absolute Gasteiger partial charge is 0.493 e. The molecule has 1 unspecified atom stereocenters. The topological polar surface area (TPSA) is 71.5 Å². The number of aliphatic hydroxyl groups is 1. The van der Waals surface area contributed by atoms with Gasteiger partial charge in [0, 0.05) is 32.6 Å². The number of amides is 1. The lowest BCUT2D eigenvalue weighted by Gasteiger charge is -2.27. The van der Waals surface area contributed by atoms with Gasteiger partial charge in [-0.1, -0.05) is 24.6 Å². The van der Waals surface area contributed by atoms with Crippen LogP contribution in [0, 0.1) is 5.82 Å². The number of rotatable bonds is 11. The Hall–Kier alpha value is -2.84. The third-order valence-corrected chi connectivity index (χ3v) is 7.48. The Bertz CT molecular complexity index is 1050. The molecule has 8 heteroatoms. The van der Waals surface area contributed by atoms with Crippen LogP contribution < -0.4 is 14.2 Å². The number of para-hydroxylation sites is 1. The molecule has 2 aromatic rings. The molecule has 2 heterocycles. The summed E-state index contributed by atoms with van der Waals surface area (Å²) in [5.74, 6) is 1.40. The Morgan fingerprint density at radius 3 is 2.66 bits per heavy atom. The highest BCUT2D eigenvalue weighted by Crippen LogP contribution is 2.30. The molecule has 0 aliphatic carbocycles. The van der Waals surface area contributed by atoms with Crippen molar-refractivity contribution in [3.63, 3.8) is 0 Å². The maximum atomic E-state index is 13.9. The molecular weight excluding hydrogens is 487 g/mol. The zero-order valence-electron chi connectivity index (χ0n) is 22.5. The molecule has 0 bridgehead atoms. The summed E-state index contributed by atoms with van der Waals surface area (Å²) in [5.41, 5.74) is 0.122. The summed E-state index contributed by atoms with van der Waals surface area (Å²) in [5, 5.41) is 11.1. The Kier molecular flexibility index (Phi) is 10.2. The molecule has 0 aromatic heterocycles. The van der Waals surface area contributed by atoms with E-state index in [9.17, 15) is 14.3 Å². The molecule has 1 amide bonds. The van der Waals surface area contributed by atoms with Crippen molar-refractivity contribution < 1.29 is 28.5 Å². The molecule has 0 spiro atoms. The van der Waals surface area contributed by atoms with E-state index >= 15 is 0 Å². The number of benzene rings is 2. The molecule has 4 rings (SSSR count). The molecule has 208 valence electrons. The van der Waals surface area contributed by atoms with Crippen LogP contribution in [0.15, 0.2) is 42.5 Å². The number of likely N-dealkylation sites (tertiary alicyclic amines) is 2. The van der Waals surface area contributed by atoms with Gasteiger partial charge < -0.3 is 24.2 Å². The highest BCUT2D eigenvalue weighted by atomic mass is 19.1. The minimum Gasteiger partial charge on any atom is -0.493 e. The summed E-state index contributed by atoms with van der Waals surface area (Å²) in [6, 6.07) is 12.3. The Morgan fingerprint density at radius 1 is 0.947 bits per heavy atom. The number of hydrogen-bond acceptors (Lipinski definition) is 6. The molecular formula is C30H41FN2O5. The summed E-state index contributed by atoms with van der Waals surface area (Å²) >= 11 is 0. The van der Waals surface area contributed by atoms with E-state index < -0.39 is 11.4 Å². The molecule has 2 aliphatic rings. The zero-order chi connectivity index (χ0) is 26.8. The normalized spacial score (nSPS) is 21.0. The van der Waals surface area contributed by atoms with Gasteiger partial charge in [-0.3, -0.25) is 9.69 Å². The molecule has 7 nitrogen and oxygen atoms in total. The van der Waals surface area contributed by atoms with Crippen LogP contribution >= 0.6 is 0 Å². The average molecular weight is 529 g/mol. The van der Waals surface area contributed by atoms with Crippen molar-refractivity contribution in [3.8, 4) is 17.2 Å². The molecule has 38 heavy (non-hydrogen) atoms. The molecule has 0 saturated carbocycles. The van der Waals surface area contributed by atoms with E-state index in [1.165, 1.54) is 6.07 Å². The first-order valence-electron chi connectivity index (χ1n) is 13.9. The van der Waals surface area contributed by atoms with Crippen molar-refractivity contribution in [1.82, 2.24) is 9.80 Å². The molecule has 2 saturated heterocycles. The fourth-order valence-corrected chi connectivity index (χ4v) is 5.21. The number of halogens is 1. The number of methoxy groups -OCH3 is 1. The van der Waals surface area contributed by atoms with Crippen LogP contribution in [0.4, 0.5) is 4.39 Å². The molecule has 2 aromatic carbocycles. The monoisotopic (exact) mass is 528 g/mol. The summed E-state index contributed by atoms with van der Waals surface area (Å²) in [7, 11) is 1.64. The Labute approximate surface area is 225 Å². The highest BCUT2D eigenvalue weighted by molar-refractivity contribution is 5.76. The van der Waals surface area contributed by atoms with E-state index in [1.807, 2.05) is 23.1 Å². The molecule has 0 radical (unpaired) electrons. The van der Waals surface area contributed by atoms with E-state index in [0.717, 1.165) is 63.8 Å². The van der Waals surface area contributed by atoms with E-state index in [2.05, 4.69) is 4.90 Å². The number of carbonyl (C=O) groups is 1. The summed E-state index contributed by atoms with van der Waals surface area (Å²) in [6.45, 7) is 4.45. The van der Waals surface area contributed by atoms with Crippen LogP contribution in [0.1, 0.15) is 56.9 Å². The lowest BCUT2D eigenvalue weighted by molar-refractivity contribution is -0.130. The summed E-state index contributed by atoms with van der Waals surface area (Å²) in [6.07, 6.45) is 6.61. The second-order valence-electron chi connectivity index (χ2n) is 10.5. The SMILES string of the molecule is COc1ccc(CN2CCCC(O)(COc3ccccc3F)CC2)cc1OCCCN1CCCCCC1=O. The predicted molar refractivity (Wildman–Crippen MR) is 144 cm³/mol. The fourth-order valence-electron chi connectivity index (χ4n) is 5.21. The van der Waals surface area contributed by atoms with Crippen molar-refractivity contribution in [3.05, 3.63) is 53.8 Å². The number of hydrogen-bond donors (Lipinski definition) is 1. The third-order valence-electron chi connectivity index (χ3n) is 7.48. The molecule has 2 aliphatic heterocycles.